The van der Waals surface area contributed by atoms with E-state index in [9.17, 15) is 18.0 Å². The normalized spacial score (nSPS) is 14.1. The molecule has 0 aromatic heterocycles. The summed E-state index contributed by atoms with van der Waals surface area (Å²) in [4.78, 5) is 18.7. The average molecular weight is 448 g/mol. The number of aliphatic imine (C=N–C) groups is 1. The first-order chi connectivity index (χ1) is 15.4. The Balaban J connectivity index is 1.45. The number of carbonyl (C=O) groups is 1. The van der Waals surface area contributed by atoms with Crippen molar-refractivity contribution in [3.05, 3.63) is 65.2 Å². The van der Waals surface area contributed by atoms with Crippen molar-refractivity contribution in [3.8, 4) is 0 Å². The molecule has 1 heterocycles. The van der Waals surface area contributed by atoms with Crippen LogP contribution in [0.5, 0.6) is 0 Å². The second-order valence-corrected chi connectivity index (χ2v) is 7.48. The van der Waals surface area contributed by atoms with Gasteiger partial charge >= 0.3 is 6.18 Å². The van der Waals surface area contributed by atoms with E-state index in [1.54, 1.807) is 24.1 Å². The number of para-hydroxylation sites is 1. The summed E-state index contributed by atoms with van der Waals surface area (Å²) in [6.07, 6.45) is -2.41. The van der Waals surface area contributed by atoms with E-state index in [4.69, 9.17) is 0 Å². The van der Waals surface area contributed by atoms with Crippen molar-refractivity contribution in [1.82, 2.24) is 10.6 Å². The van der Waals surface area contributed by atoms with Gasteiger partial charge in [0.1, 0.15) is 6.61 Å². The van der Waals surface area contributed by atoms with E-state index in [2.05, 4.69) is 26.4 Å². The summed E-state index contributed by atoms with van der Waals surface area (Å²) in [6, 6.07) is 15.0. The number of halogens is 3. The van der Waals surface area contributed by atoms with Gasteiger partial charge < -0.3 is 20.3 Å². The largest absolute Gasteiger partial charge is 0.411 e. The Kier molecular flexibility index (Phi) is 8.10. The van der Waals surface area contributed by atoms with Crippen molar-refractivity contribution in [2.24, 2.45) is 4.99 Å². The number of fused-ring (bicyclic) bond motifs is 1. The highest BCUT2D eigenvalue weighted by atomic mass is 19.4. The van der Waals surface area contributed by atoms with Crippen LogP contribution in [0.4, 0.5) is 18.9 Å². The highest BCUT2D eigenvalue weighted by Gasteiger charge is 2.27. The summed E-state index contributed by atoms with van der Waals surface area (Å²) in [7, 11) is 1.62. The van der Waals surface area contributed by atoms with Gasteiger partial charge in [0, 0.05) is 25.8 Å². The summed E-state index contributed by atoms with van der Waals surface area (Å²) in [5.74, 6) is 0.463. The first-order valence-electron chi connectivity index (χ1n) is 10.4. The van der Waals surface area contributed by atoms with Gasteiger partial charge in [-0.15, -0.1) is 0 Å². The molecule has 6 nitrogen and oxygen atoms in total. The Bertz CT molecular complexity index is 930. The molecule has 0 spiro atoms. The third kappa shape index (κ3) is 6.98. The third-order valence-corrected chi connectivity index (χ3v) is 5.06. The topological polar surface area (TPSA) is 66.0 Å². The van der Waals surface area contributed by atoms with Crippen molar-refractivity contribution >= 4 is 17.6 Å². The Hall–Kier alpha value is -3.07. The molecular formula is C23H27F3N4O2. The lowest BCUT2D eigenvalue weighted by atomic mass is 10.0. The van der Waals surface area contributed by atoms with Crippen molar-refractivity contribution in [3.63, 3.8) is 0 Å². The number of aryl methyl sites for hydroxylation is 1. The lowest BCUT2D eigenvalue weighted by molar-refractivity contribution is -0.176. The van der Waals surface area contributed by atoms with Crippen LogP contribution in [-0.2, 0) is 29.1 Å². The van der Waals surface area contributed by atoms with Crippen LogP contribution in [0.15, 0.2) is 53.5 Å². The number of rotatable bonds is 7. The van der Waals surface area contributed by atoms with Crippen molar-refractivity contribution in [1.29, 1.82) is 0 Å². The Morgan fingerprint density at radius 3 is 2.53 bits per heavy atom. The molecule has 0 saturated heterocycles. The summed E-state index contributed by atoms with van der Waals surface area (Å²) >= 11 is 0. The van der Waals surface area contributed by atoms with Crippen LogP contribution in [0.1, 0.15) is 23.1 Å². The van der Waals surface area contributed by atoms with Crippen LogP contribution in [0.3, 0.4) is 0 Å². The molecule has 2 N–H and O–H groups in total. The molecule has 3 rings (SSSR count). The average Bonchev–Trinajstić information content (AvgIpc) is 2.78. The van der Waals surface area contributed by atoms with Gasteiger partial charge in [-0.3, -0.25) is 9.79 Å². The van der Waals surface area contributed by atoms with Crippen LogP contribution in [0.2, 0.25) is 0 Å². The van der Waals surface area contributed by atoms with Gasteiger partial charge in [0.25, 0.3) is 0 Å². The SMILES string of the molecule is CN=C(NCC(=O)N1CCCc2ccccc21)NCc1ccc(COCC(F)(F)F)cc1. The minimum atomic E-state index is -4.33. The highest BCUT2D eigenvalue weighted by molar-refractivity contribution is 5.98. The van der Waals surface area contributed by atoms with Crippen molar-refractivity contribution in [2.75, 3.05) is 31.6 Å². The number of amides is 1. The Morgan fingerprint density at radius 1 is 1.09 bits per heavy atom. The maximum atomic E-state index is 12.7. The summed E-state index contributed by atoms with van der Waals surface area (Å²) in [5, 5.41) is 6.18. The zero-order chi connectivity index (χ0) is 23.0. The van der Waals surface area contributed by atoms with E-state index in [1.807, 2.05) is 30.3 Å². The smallest absolute Gasteiger partial charge is 0.367 e. The number of carbonyl (C=O) groups excluding carboxylic acids is 1. The fraction of sp³-hybridized carbons (Fsp3) is 0.391. The predicted octanol–water partition coefficient (Wildman–Crippen LogP) is 3.41. The maximum absolute atomic E-state index is 12.7. The van der Waals surface area contributed by atoms with Crippen LogP contribution >= 0.6 is 0 Å². The zero-order valence-corrected chi connectivity index (χ0v) is 17.9. The van der Waals surface area contributed by atoms with E-state index in [0.29, 0.717) is 24.6 Å². The Labute approximate surface area is 185 Å². The lowest BCUT2D eigenvalue weighted by Gasteiger charge is -2.29. The molecule has 1 amide bonds. The standard InChI is InChI=1S/C23H27F3N4O2/c1-27-22(28-13-17-8-10-18(11-9-17)15-32-16-23(24,25)26)29-14-21(31)30-12-4-6-19-5-2-3-7-20(19)30/h2-3,5,7-11H,4,6,12-16H2,1H3,(H2,27,28,29). The van der Waals surface area contributed by atoms with Gasteiger partial charge in [-0.1, -0.05) is 42.5 Å². The van der Waals surface area contributed by atoms with Gasteiger partial charge in [0.15, 0.2) is 5.96 Å². The molecule has 2 aromatic rings. The molecule has 1 aliphatic heterocycles. The zero-order valence-electron chi connectivity index (χ0n) is 17.9. The molecule has 1 aliphatic rings. The monoisotopic (exact) mass is 448 g/mol. The molecule has 172 valence electrons. The summed E-state index contributed by atoms with van der Waals surface area (Å²) in [5.41, 5.74) is 3.73. The minimum absolute atomic E-state index is 0.0247. The third-order valence-electron chi connectivity index (χ3n) is 5.06. The number of guanidine groups is 1. The molecule has 0 aliphatic carbocycles. The van der Waals surface area contributed by atoms with Crippen LogP contribution in [0.25, 0.3) is 0 Å². The van der Waals surface area contributed by atoms with Crippen LogP contribution < -0.4 is 15.5 Å². The number of hydrogen-bond acceptors (Lipinski definition) is 3. The lowest BCUT2D eigenvalue weighted by Crippen LogP contribution is -2.45. The fourth-order valence-corrected chi connectivity index (χ4v) is 3.49. The van der Waals surface area contributed by atoms with Gasteiger partial charge in [-0.25, -0.2) is 0 Å². The molecule has 0 fully saturated rings. The van der Waals surface area contributed by atoms with Crippen LogP contribution in [-0.4, -0.2) is 44.8 Å². The number of nitrogens with one attached hydrogen (secondary N) is 2. The first kappa shape index (κ1) is 23.6. The molecular weight excluding hydrogens is 421 g/mol. The number of hydrogen-bond donors (Lipinski definition) is 2. The summed E-state index contributed by atoms with van der Waals surface area (Å²) in [6.45, 7) is -0.103. The first-order valence-corrected chi connectivity index (χ1v) is 10.4. The number of anilines is 1. The van der Waals surface area contributed by atoms with E-state index < -0.39 is 12.8 Å². The van der Waals surface area contributed by atoms with Gasteiger partial charge in [-0.05, 0) is 35.6 Å². The van der Waals surface area contributed by atoms with E-state index in [-0.39, 0.29) is 19.1 Å². The molecule has 0 radical (unpaired) electrons. The van der Waals surface area contributed by atoms with Gasteiger partial charge in [0.2, 0.25) is 5.91 Å². The predicted molar refractivity (Wildman–Crippen MR) is 117 cm³/mol. The molecule has 9 heteroatoms. The summed E-state index contributed by atoms with van der Waals surface area (Å²) < 4.78 is 41.1. The number of nitrogens with zero attached hydrogens (tertiary/aromatic N) is 2. The van der Waals surface area contributed by atoms with E-state index in [0.717, 1.165) is 24.1 Å². The quantitative estimate of drug-likeness (QED) is 0.503. The molecule has 2 aromatic carbocycles. The number of benzene rings is 2. The highest BCUT2D eigenvalue weighted by Crippen LogP contribution is 2.26. The fourth-order valence-electron chi connectivity index (χ4n) is 3.49. The van der Waals surface area contributed by atoms with Crippen molar-refractivity contribution < 1.29 is 22.7 Å². The maximum Gasteiger partial charge on any atom is 0.411 e. The van der Waals surface area contributed by atoms with E-state index in [1.165, 1.54) is 5.56 Å². The Morgan fingerprint density at radius 2 is 1.81 bits per heavy atom. The molecule has 32 heavy (non-hydrogen) atoms. The second kappa shape index (κ2) is 11.0. The van der Waals surface area contributed by atoms with Crippen molar-refractivity contribution in [2.45, 2.75) is 32.2 Å². The number of alkyl halides is 3. The van der Waals surface area contributed by atoms with E-state index >= 15 is 0 Å². The second-order valence-electron chi connectivity index (χ2n) is 7.48. The molecule has 0 bridgehead atoms. The molecule has 0 atom stereocenters. The minimum Gasteiger partial charge on any atom is -0.367 e. The number of ether oxygens (including phenoxy) is 1. The van der Waals surface area contributed by atoms with Gasteiger partial charge in [-0.2, -0.15) is 13.2 Å². The molecule has 0 unspecified atom stereocenters. The van der Waals surface area contributed by atoms with Gasteiger partial charge in [0.05, 0.1) is 13.2 Å². The molecule has 0 saturated carbocycles. The van der Waals surface area contributed by atoms with Crippen LogP contribution in [0, 0.1) is 0 Å².